The predicted octanol–water partition coefficient (Wildman–Crippen LogP) is 2.69. The molecule has 0 spiro atoms. The maximum absolute atomic E-state index is 5.76. The van der Waals surface area contributed by atoms with Gasteiger partial charge in [-0.3, -0.25) is 0 Å². The zero-order chi connectivity index (χ0) is 12.3. The van der Waals surface area contributed by atoms with Crippen LogP contribution in [-0.2, 0) is 11.3 Å². The van der Waals surface area contributed by atoms with Crippen molar-refractivity contribution in [2.45, 2.75) is 38.0 Å². The van der Waals surface area contributed by atoms with Gasteiger partial charge in [0.2, 0.25) is 0 Å². The van der Waals surface area contributed by atoms with E-state index in [2.05, 4.69) is 33.4 Å². The smallest absolute Gasteiger partial charge is 0.0724 e. The van der Waals surface area contributed by atoms with Gasteiger partial charge in [0, 0.05) is 29.9 Å². The van der Waals surface area contributed by atoms with E-state index in [9.17, 15) is 0 Å². The van der Waals surface area contributed by atoms with Gasteiger partial charge in [-0.25, -0.2) is 0 Å². The van der Waals surface area contributed by atoms with Gasteiger partial charge < -0.3 is 15.8 Å². The number of rotatable bonds is 4. The second-order valence-corrected chi connectivity index (χ2v) is 5.40. The number of halogens is 1. The molecular formula is C13H19BrN2O. The molecule has 1 fully saturated rings. The van der Waals surface area contributed by atoms with E-state index in [0.717, 1.165) is 16.7 Å². The van der Waals surface area contributed by atoms with Crippen LogP contribution in [-0.4, -0.2) is 19.3 Å². The molecule has 0 aromatic heterocycles. The SMILES string of the molecule is COC1CCCC1NCc1ccc(N)c(Br)c1. The van der Waals surface area contributed by atoms with Gasteiger partial charge in [-0.1, -0.05) is 6.07 Å². The van der Waals surface area contributed by atoms with E-state index in [4.69, 9.17) is 10.5 Å². The molecule has 3 N–H and O–H groups in total. The van der Waals surface area contributed by atoms with Gasteiger partial charge in [-0.15, -0.1) is 0 Å². The Bertz CT molecular complexity index is 384. The lowest BCUT2D eigenvalue weighted by molar-refractivity contribution is 0.0847. The number of nitrogens with one attached hydrogen (secondary N) is 1. The van der Waals surface area contributed by atoms with Crippen LogP contribution in [0.2, 0.25) is 0 Å². The summed E-state index contributed by atoms with van der Waals surface area (Å²) in [5, 5.41) is 3.56. The Labute approximate surface area is 111 Å². The molecule has 17 heavy (non-hydrogen) atoms. The quantitative estimate of drug-likeness (QED) is 0.840. The molecule has 2 unspecified atom stereocenters. The Morgan fingerprint density at radius 1 is 1.47 bits per heavy atom. The summed E-state index contributed by atoms with van der Waals surface area (Å²) in [5.41, 5.74) is 7.79. The Morgan fingerprint density at radius 3 is 3.00 bits per heavy atom. The molecule has 0 heterocycles. The van der Waals surface area contributed by atoms with Gasteiger partial charge in [-0.05, 0) is 52.9 Å². The van der Waals surface area contributed by atoms with Gasteiger partial charge >= 0.3 is 0 Å². The summed E-state index contributed by atoms with van der Waals surface area (Å²) >= 11 is 3.45. The van der Waals surface area contributed by atoms with Crippen molar-refractivity contribution in [1.29, 1.82) is 0 Å². The maximum Gasteiger partial charge on any atom is 0.0724 e. The van der Waals surface area contributed by atoms with E-state index in [1.54, 1.807) is 7.11 Å². The zero-order valence-corrected chi connectivity index (χ0v) is 11.7. The Balaban J connectivity index is 1.91. The highest BCUT2D eigenvalue weighted by Gasteiger charge is 2.26. The molecule has 1 aliphatic rings. The van der Waals surface area contributed by atoms with Crippen molar-refractivity contribution < 1.29 is 4.74 Å². The lowest BCUT2D eigenvalue weighted by Gasteiger charge is -2.19. The number of hydrogen-bond acceptors (Lipinski definition) is 3. The summed E-state index contributed by atoms with van der Waals surface area (Å²) < 4.78 is 6.43. The van der Waals surface area contributed by atoms with E-state index < -0.39 is 0 Å². The Morgan fingerprint density at radius 2 is 2.29 bits per heavy atom. The first-order chi connectivity index (χ1) is 8.20. The van der Waals surface area contributed by atoms with Gasteiger partial charge in [0.1, 0.15) is 0 Å². The molecule has 0 amide bonds. The van der Waals surface area contributed by atoms with Crippen molar-refractivity contribution in [2.24, 2.45) is 0 Å². The highest BCUT2D eigenvalue weighted by Crippen LogP contribution is 2.23. The lowest BCUT2D eigenvalue weighted by atomic mass is 10.1. The Kier molecular flexibility index (Phi) is 4.42. The number of ether oxygens (including phenoxy) is 1. The summed E-state index contributed by atoms with van der Waals surface area (Å²) in [4.78, 5) is 0. The van der Waals surface area contributed by atoms with E-state index in [-0.39, 0.29) is 0 Å². The minimum Gasteiger partial charge on any atom is -0.398 e. The third-order valence-electron chi connectivity index (χ3n) is 3.39. The molecule has 1 aromatic rings. The fourth-order valence-electron chi connectivity index (χ4n) is 2.37. The van der Waals surface area contributed by atoms with Gasteiger partial charge in [0.25, 0.3) is 0 Å². The Hall–Kier alpha value is -0.580. The monoisotopic (exact) mass is 298 g/mol. The normalized spacial score (nSPS) is 24.1. The molecule has 1 saturated carbocycles. The van der Waals surface area contributed by atoms with Crippen LogP contribution in [0.3, 0.4) is 0 Å². The van der Waals surface area contributed by atoms with Gasteiger partial charge in [-0.2, -0.15) is 0 Å². The molecule has 0 bridgehead atoms. The second kappa shape index (κ2) is 5.85. The molecule has 4 heteroatoms. The number of nitrogens with two attached hydrogens (primary N) is 1. The van der Waals surface area contributed by atoms with Gasteiger partial charge in [0.15, 0.2) is 0 Å². The summed E-state index contributed by atoms with van der Waals surface area (Å²) in [7, 11) is 1.80. The van der Waals surface area contributed by atoms with Crippen molar-refractivity contribution in [3.05, 3.63) is 28.2 Å². The van der Waals surface area contributed by atoms with E-state index in [1.165, 1.54) is 24.8 Å². The topological polar surface area (TPSA) is 47.3 Å². The average Bonchev–Trinajstić information content (AvgIpc) is 2.78. The first kappa shape index (κ1) is 12.9. The summed E-state index contributed by atoms with van der Waals surface area (Å²) in [6.45, 7) is 0.864. The van der Waals surface area contributed by atoms with Crippen LogP contribution in [0.4, 0.5) is 5.69 Å². The fraction of sp³-hybridized carbons (Fsp3) is 0.538. The number of hydrogen-bond donors (Lipinski definition) is 2. The minimum absolute atomic E-state index is 0.368. The molecule has 1 aliphatic carbocycles. The summed E-state index contributed by atoms with van der Waals surface area (Å²) in [5.74, 6) is 0. The fourth-order valence-corrected chi connectivity index (χ4v) is 2.80. The number of benzene rings is 1. The van der Waals surface area contributed by atoms with Crippen LogP contribution in [0.1, 0.15) is 24.8 Å². The lowest BCUT2D eigenvalue weighted by Crippen LogP contribution is -2.36. The largest absolute Gasteiger partial charge is 0.398 e. The number of methoxy groups -OCH3 is 1. The highest BCUT2D eigenvalue weighted by molar-refractivity contribution is 9.10. The molecule has 3 nitrogen and oxygen atoms in total. The van der Waals surface area contributed by atoms with Crippen molar-refractivity contribution in [1.82, 2.24) is 5.32 Å². The standard InChI is InChI=1S/C13H19BrN2O/c1-17-13-4-2-3-12(13)16-8-9-5-6-11(15)10(14)7-9/h5-7,12-13,16H,2-4,8,15H2,1H3. The maximum atomic E-state index is 5.76. The number of anilines is 1. The number of nitrogen functional groups attached to an aromatic ring is 1. The predicted molar refractivity (Wildman–Crippen MR) is 73.8 cm³/mol. The second-order valence-electron chi connectivity index (χ2n) is 4.55. The van der Waals surface area contributed by atoms with Crippen molar-refractivity contribution >= 4 is 21.6 Å². The van der Waals surface area contributed by atoms with Crippen LogP contribution in [0.15, 0.2) is 22.7 Å². The minimum atomic E-state index is 0.368. The molecular weight excluding hydrogens is 280 g/mol. The third kappa shape index (κ3) is 3.21. The molecule has 0 radical (unpaired) electrons. The first-order valence-electron chi connectivity index (χ1n) is 6.01. The van der Waals surface area contributed by atoms with Crippen LogP contribution in [0, 0.1) is 0 Å². The third-order valence-corrected chi connectivity index (χ3v) is 4.08. The molecule has 2 atom stereocenters. The molecule has 2 rings (SSSR count). The highest BCUT2D eigenvalue weighted by atomic mass is 79.9. The average molecular weight is 299 g/mol. The molecule has 94 valence electrons. The van der Waals surface area contributed by atoms with Crippen LogP contribution in [0.5, 0.6) is 0 Å². The zero-order valence-electron chi connectivity index (χ0n) is 10.1. The van der Waals surface area contributed by atoms with Crippen molar-refractivity contribution in [2.75, 3.05) is 12.8 Å². The molecule has 1 aromatic carbocycles. The van der Waals surface area contributed by atoms with Crippen molar-refractivity contribution in [3.8, 4) is 0 Å². The first-order valence-corrected chi connectivity index (χ1v) is 6.80. The molecule has 0 aliphatic heterocycles. The van der Waals surface area contributed by atoms with E-state index in [1.807, 2.05) is 6.07 Å². The van der Waals surface area contributed by atoms with Crippen LogP contribution in [0.25, 0.3) is 0 Å². The van der Waals surface area contributed by atoms with E-state index in [0.29, 0.717) is 12.1 Å². The van der Waals surface area contributed by atoms with Gasteiger partial charge in [0.05, 0.1) is 6.10 Å². The summed E-state index contributed by atoms with van der Waals surface area (Å²) in [6.07, 6.45) is 3.99. The van der Waals surface area contributed by atoms with Crippen LogP contribution >= 0.6 is 15.9 Å². The van der Waals surface area contributed by atoms with Crippen LogP contribution < -0.4 is 11.1 Å². The van der Waals surface area contributed by atoms with E-state index >= 15 is 0 Å². The summed E-state index contributed by atoms with van der Waals surface area (Å²) in [6, 6.07) is 6.54. The van der Waals surface area contributed by atoms with Crippen molar-refractivity contribution in [3.63, 3.8) is 0 Å². The molecule has 0 saturated heterocycles.